The van der Waals surface area contributed by atoms with Crippen LogP contribution >= 0.6 is 11.6 Å². The highest BCUT2D eigenvalue weighted by atomic mass is 35.5. The van der Waals surface area contributed by atoms with E-state index in [4.69, 9.17) is 16.3 Å². The molecule has 1 aromatic rings. The molecular weight excluding hydrogens is 316 g/mol. The van der Waals surface area contributed by atoms with Gasteiger partial charge < -0.3 is 4.74 Å². The van der Waals surface area contributed by atoms with Crippen LogP contribution in [0.3, 0.4) is 0 Å². The average Bonchev–Trinajstić information content (AvgIpc) is 2.92. The second kappa shape index (κ2) is 4.76. The SMILES string of the molecule is CC1=CC2(C)OC3C(=O)N(c4ccc(Cl)cc4)C(=O)C3C2N=C1. The summed E-state index contributed by atoms with van der Waals surface area (Å²) in [4.78, 5) is 31.2. The number of aliphatic imine (C=N–C) groups is 1. The quantitative estimate of drug-likeness (QED) is 0.743. The summed E-state index contributed by atoms with van der Waals surface area (Å²) in [6.07, 6.45) is 2.89. The molecule has 4 rings (SSSR count). The zero-order valence-corrected chi connectivity index (χ0v) is 13.4. The van der Waals surface area contributed by atoms with E-state index in [1.165, 1.54) is 4.90 Å². The van der Waals surface area contributed by atoms with Crippen molar-refractivity contribution in [2.45, 2.75) is 31.6 Å². The molecule has 118 valence electrons. The molecule has 2 amide bonds. The molecular formula is C17H15ClN2O3. The predicted molar refractivity (Wildman–Crippen MR) is 86.8 cm³/mol. The van der Waals surface area contributed by atoms with Gasteiger partial charge in [-0.05, 0) is 49.8 Å². The summed E-state index contributed by atoms with van der Waals surface area (Å²) in [7, 11) is 0. The van der Waals surface area contributed by atoms with E-state index in [9.17, 15) is 9.59 Å². The first-order valence-electron chi connectivity index (χ1n) is 7.44. The number of hydrogen-bond acceptors (Lipinski definition) is 4. The first kappa shape index (κ1) is 14.6. The number of rotatable bonds is 1. The molecule has 2 fully saturated rings. The summed E-state index contributed by atoms with van der Waals surface area (Å²) < 4.78 is 5.98. The molecule has 5 nitrogen and oxygen atoms in total. The summed E-state index contributed by atoms with van der Waals surface area (Å²) in [5.74, 6) is -1.18. The monoisotopic (exact) mass is 330 g/mol. The van der Waals surface area contributed by atoms with E-state index in [1.54, 1.807) is 30.5 Å². The standard InChI is InChI=1S/C17H15ClN2O3/c1-9-7-17(2)14(19-8-9)12-13(23-17)16(22)20(15(12)21)11-5-3-10(18)4-6-11/h3-8,12-14H,1-2H3. The van der Waals surface area contributed by atoms with Crippen LogP contribution in [0.1, 0.15) is 13.8 Å². The number of imide groups is 1. The summed E-state index contributed by atoms with van der Waals surface area (Å²) in [6.45, 7) is 3.80. The lowest BCUT2D eigenvalue weighted by Crippen LogP contribution is -2.43. The lowest BCUT2D eigenvalue weighted by atomic mass is 9.85. The van der Waals surface area contributed by atoms with Gasteiger partial charge in [-0.1, -0.05) is 11.6 Å². The first-order chi connectivity index (χ1) is 10.9. The van der Waals surface area contributed by atoms with Gasteiger partial charge in [0.25, 0.3) is 5.91 Å². The Hall–Kier alpha value is -1.98. The minimum absolute atomic E-state index is 0.263. The highest BCUT2D eigenvalue weighted by Crippen LogP contribution is 2.46. The molecule has 1 aromatic carbocycles. The maximum Gasteiger partial charge on any atom is 0.263 e. The van der Waals surface area contributed by atoms with Crippen molar-refractivity contribution >= 4 is 35.3 Å². The number of dihydropyridines is 1. The number of halogens is 1. The number of anilines is 1. The van der Waals surface area contributed by atoms with Crippen LogP contribution in [0.25, 0.3) is 0 Å². The fourth-order valence-corrected chi connectivity index (χ4v) is 3.81. The van der Waals surface area contributed by atoms with Crippen LogP contribution in [0.15, 0.2) is 40.9 Å². The van der Waals surface area contributed by atoms with Gasteiger partial charge in [-0.15, -0.1) is 0 Å². The van der Waals surface area contributed by atoms with E-state index in [0.717, 1.165) is 5.57 Å². The smallest absolute Gasteiger partial charge is 0.263 e. The topological polar surface area (TPSA) is 59.0 Å². The molecule has 0 aromatic heterocycles. The lowest BCUT2D eigenvalue weighted by molar-refractivity contribution is -0.129. The van der Waals surface area contributed by atoms with Crippen LogP contribution in [0.5, 0.6) is 0 Å². The Morgan fingerprint density at radius 3 is 2.61 bits per heavy atom. The Morgan fingerprint density at radius 1 is 1.22 bits per heavy atom. The largest absolute Gasteiger partial charge is 0.355 e. The number of carbonyl (C=O) groups excluding carboxylic acids is 2. The van der Waals surface area contributed by atoms with Crippen LogP contribution in [0, 0.1) is 5.92 Å². The Kier molecular flexibility index (Phi) is 3.02. The van der Waals surface area contributed by atoms with Crippen molar-refractivity contribution in [2.75, 3.05) is 4.90 Å². The van der Waals surface area contributed by atoms with Crippen LogP contribution in [0.2, 0.25) is 5.02 Å². The number of amides is 2. The maximum absolute atomic E-state index is 12.9. The Bertz CT molecular complexity index is 771. The molecule has 4 atom stereocenters. The highest BCUT2D eigenvalue weighted by molar-refractivity contribution is 6.31. The van der Waals surface area contributed by atoms with Crippen molar-refractivity contribution in [3.63, 3.8) is 0 Å². The molecule has 0 bridgehead atoms. The van der Waals surface area contributed by atoms with Crippen LogP contribution in [-0.4, -0.2) is 35.8 Å². The number of carbonyl (C=O) groups is 2. The van der Waals surface area contributed by atoms with Gasteiger partial charge in [0, 0.05) is 11.2 Å². The molecule has 0 N–H and O–H groups in total. The third-order valence-electron chi connectivity index (χ3n) is 4.64. The van der Waals surface area contributed by atoms with Gasteiger partial charge in [0.2, 0.25) is 5.91 Å². The van der Waals surface area contributed by atoms with E-state index in [0.29, 0.717) is 10.7 Å². The second-order valence-corrected chi connectivity index (χ2v) is 6.78. The van der Waals surface area contributed by atoms with Crippen molar-refractivity contribution in [1.82, 2.24) is 0 Å². The third kappa shape index (κ3) is 2.00. The van der Waals surface area contributed by atoms with E-state index < -0.39 is 17.6 Å². The van der Waals surface area contributed by atoms with Crippen molar-refractivity contribution in [3.05, 3.63) is 40.9 Å². The summed E-state index contributed by atoms with van der Waals surface area (Å²) >= 11 is 5.87. The molecule has 2 saturated heterocycles. The molecule has 0 radical (unpaired) electrons. The van der Waals surface area contributed by atoms with Crippen LogP contribution in [0.4, 0.5) is 5.69 Å². The third-order valence-corrected chi connectivity index (χ3v) is 4.89. The Balaban J connectivity index is 1.72. The minimum atomic E-state index is -0.785. The molecule has 0 spiro atoms. The van der Waals surface area contributed by atoms with Crippen LogP contribution < -0.4 is 4.90 Å². The fourth-order valence-electron chi connectivity index (χ4n) is 3.68. The fraction of sp³-hybridized carbons (Fsp3) is 0.353. The van der Waals surface area contributed by atoms with Gasteiger partial charge >= 0.3 is 0 Å². The van der Waals surface area contributed by atoms with Gasteiger partial charge in [0.15, 0.2) is 6.10 Å². The van der Waals surface area contributed by atoms with Gasteiger partial charge in [-0.2, -0.15) is 0 Å². The number of ether oxygens (including phenoxy) is 1. The number of nitrogens with zero attached hydrogens (tertiary/aromatic N) is 2. The van der Waals surface area contributed by atoms with Gasteiger partial charge in [0.1, 0.15) is 5.60 Å². The number of benzene rings is 1. The highest BCUT2D eigenvalue weighted by Gasteiger charge is 2.63. The van der Waals surface area contributed by atoms with E-state index in [-0.39, 0.29) is 17.9 Å². The molecule has 3 aliphatic heterocycles. The zero-order valence-electron chi connectivity index (χ0n) is 12.7. The normalized spacial score (nSPS) is 35.3. The second-order valence-electron chi connectivity index (χ2n) is 6.35. The summed E-state index contributed by atoms with van der Waals surface area (Å²) in [5.41, 5.74) is 0.778. The van der Waals surface area contributed by atoms with Crippen molar-refractivity contribution in [3.8, 4) is 0 Å². The zero-order chi connectivity index (χ0) is 16.4. The molecule has 0 aliphatic carbocycles. The predicted octanol–water partition coefficient (Wildman–Crippen LogP) is 2.39. The van der Waals surface area contributed by atoms with E-state index in [2.05, 4.69) is 4.99 Å². The lowest BCUT2D eigenvalue weighted by Gasteiger charge is -2.30. The van der Waals surface area contributed by atoms with Crippen LogP contribution in [-0.2, 0) is 14.3 Å². The van der Waals surface area contributed by atoms with Gasteiger partial charge in [-0.3, -0.25) is 14.6 Å². The number of allylic oxidation sites excluding steroid dienone is 1. The first-order valence-corrected chi connectivity index (χ1v) is 7.82. The Labute approximate surface area is 138 Å². The van der Waals surface area contributed by atoms with Gasteiger partial charge in [-0.25, -0.2) is 4.90 Å². The van der Waals surface area contributed by atoms with Gasteiger partial charge in [0.05, 0.1) is 17.6 Å². The maximum atomic E-state index is 12.9. The van der Waals surface area contributed by atoms with Crippen molar-refractivity contribution < 1.29 is 14.3 Å². The van der Waals surface area contributed by atoms with Crippen molar-refractivity contribution in [2.24, 2.45) is 10.9 Å². The van der Waals surface area contributed by atoms with E-state index >= 15 is 0 Å². The molecule has 3 aliphatic rings. The molecule has 23 heavy (non-hydrogen) atoms. The Morgan fingerprint density at radius 2 is 1.91 bits per heavy atom. The number of hydrogen-bond donors (Lipinski definition) is 0. The molecule has 0 saturated carbocycles. The van der Waals surface area contributed by atoms with Crippen molar-refractivity contribution in [1.29, 1.82) is 0 Å². The summed E-state index contributed by atoms with van der Waals surface area (Å²) in [5, 5.41) is 0.550. The average molecular weight is 331 g/mol. The van der Waals surface area contributed by atoms with E-state index in [1.807, 2.05) is 19.9 Å². The molecule has 4 unspecified atom stereocenters. The number of fused-ring (bicyclic) bond motifs is 3. The molecule has 3 heterocycles. The minimum Gasteiger partial charge on any atom is -0.355 e. The molecule has 6 heteroatoms. The summed E-state index contributed by atoms with van der Waals surface area (Å²) in [6, 6.07) is 6.26.